The van der Waals surface area contributed by atoms with Crippen LogP contribution in [0.25, 0.3) is 5.69 Å². The van der Waals surface area contributed by atoms with E-state index >= 15 is 0 Å². The van der Waals surface area contributed by atoms with Crippen LogP contribution in [-0.2, 0) is 4.79 Å². The summed E-state index contributed by atoms with van der Waals surface area (Å²) in [4.78, 5) is 23.8. The van der Waals surface area contributed by atoms with Gasteiger partial charge in [0, 0.05) is 10.5 Å². The molecule has 1 aromatic carbocycles. The molecule has 0 unspecified atom stereocenters. The molecule has 2 N–H and O–H groups in total. The minimum atomic E-state index is -0.848. The van der Waals surface area contributed by atoms with Gasteiger partial charge < -0.3 is 10.4 Å². The summed E-state index contributed by atoms with van der Waals surface area (Å²) in [7, 11) is 0. The van der Waals surface area contributed by atoms with Crippen molar-refractivity contribution in [3.63, 3.8) is 0 Å². The molecule has 6 nitrogen and oxygen atoms in total. The number of nitrogens with zero attached hydrogens (tertiary/aromatic N) is 2. The first-order valence-corrected chi connectivity index (χ1v) is 8.61. The Balaban J connectivity index is 1.80. The van der Waals surface area contributed by atoms with Gasteiger partial charge in [-0.2, -0.15) is 5.10 Å². The van der Waals surface area contributed by atoms with Crippen LogP contribution in [0.4, 0.5) is 0 Å². The van der Waals surface area contributed by atoms with E-state index in [2.05, 4.69) is 26.3 Å². The monoisotopic (exact) mass is 391 g/mol. The number of amides is 1. The predicted octanol–water partition coefficient (Wildman–Crippen LogP) is 2.93. The van der Waals surface area contributed by atoms with Crippen molar-refractivity contribution in [3.8, 4) is 5.69 Å². The number of aliphatic carboxylic acids is 1. The molecule has 1 amide bonds. The van der Waals surface area contributed by atoms with Crippen molar-refractivity contribution in [1.82, 2.24) is 15.1 Å². The molecule has 1 fully saturated rings. The Morgan fingerprint density at radius 1 is 1.38 bits per heavy atom. The number of benzene rings is 1. The molecule has 0 aliphatic heterocycles. The zero-order valence-electron chi connectivity index (χ0n) is 13.2. The van der Waals surface area contributed by atoms with Crippen molar-refractivity contribution in [3.05, 3.63) is 46.2 Å². The van der Waals surface area contributed by atoms with Gasteiger partial charge in [0.2, 0.25) is 0 Å². The number of carboxylic acids is 1. The highest BCUT2D eigenvalue weighted by atomic mass is 79.9. The third kappa shape index (κ3) is 3.21. The van der Waals surface area contributed by atoms with Crippen LogP contribution in [0, 0.1) is 12.8 Å². The number of rotatable bonds is 4. The van der Waals surface area contributed by atoms with Gasteiger partial charge in [-0.25, -0.2) is 4.68 Å². The summed E-state index contributed by atoms with van der Waals surface area (Å²) in [6, 6.07) is 7.32. The van der Waals surface area contributed by atoms with Crippen molar-refractivity contribution < 1.29 is 14.7 Å². The summed E-state index contributed by atoms with van der Waals surface area (Å²) in [5.74, 6) is -1.62. The summed E-state index contributed by atoms with van der Waals surface area (Å²) >= 11 is 3.42. The maximum atomic E-state index is 12.5. The fraction of sp³-hybridized carbons (Fsp3) is 0.353. The van der Waals surface area contributed by atoms with Crippen molar-refractivity contribution in [2.75, 3.05) is 0 Å². The second-order valence-electron chi connectivity index (χ2n) is 5.99. The van der Waals surface area contributed by atoms with E-state index < -0.39 is 11.9 Å². The van der Waals surface area contributed by atoms with E-state index in [9.17, 15) is 14.7 Å². The first-order chi connectivity index (χ1) is 11.5. The number of hydrogen-bond donors (Lipinski definition) is 2. The zero-order chi connectivity index (χ0) is 17.3. The van der Waals surface area contributed by atoms with Crippen molar-refractivity contribution in [2.24, 2.45) is 5.92 Å². The standard InChI is InChI=1S/C17H18BrN3O3/c1-10-14(9-19-21(10)12-5-2-4-11(18)8-12)16(22)20-15-7-3-6-13(15)17(23)24/h2,4-5,8-9,13,15H,3,6-7H2,1H3,(H,20,22)(H,23,24)/t13-,15+/m0/s1. The van der Waals surface area contributed by atoms with E-state index in [1.54, 1.807) is 4.68 Å². The Morgan fingerprint density at radius 3 is 2.88 bits per heavy atom. The first-order valence-electron chi connectivity index (χ1n) is 7.81. The number of carbonyl (C=O) groups is 2. The molecule has 126 valence electrons. The summed E-state index contributed by atoms with van der Waals surface area (Å²) in [5.41, 5.74) is 2.03. The molecular formula is C17H18BrN3O3. The van der Waals surface area contributed by atoms with Crippen LogP contribution in [0.1, 0.15) is 35.3 Å². The molecule has 0 radical (unpaired) electrons. The Kier molecular flexibility index (Phi) is 4.71. The number of halogens is 1. The van der Waals surface area contributed by atoms with Gasteiger partial charge in [0.1, 0.15) is 0 Å². The number of carbonyl (C=O) groups excluding carboxylic acids is 1. The van der Waals surface area contributed by atoms with Crippen LogP contribution >= 0.6 is 15.9 Å². The maximum absolute atomic E-state index is 12.5. The van der Waals surface area contributed by atoms with Crippen molar-refractivity contribution >= 4 is 27.8 Å². The lowest BCUT2D eigenvalue weighted by molar-refractivity contribution is -0.142. The van der Waals surface area contributed by atoms with Gasteiger partial charge in [-0.3, -0.25) is 9.59 Å². The largest absolute Gasteiger partial charge is 0.481 e. The zero-order valence-corrected chi connectivity index (χ0v) is 14.8. The molecule has 0 spiro atoms. The van der Waals surface area contributed by atoms with Crippen LogP contribution < -0.4 is 5.32 Å². The molecular weight excluding hydrogens is 374 g/mol. The normalized spacial score (nSPS) is 20.1. The van der Waals surface area contributed by atoms with Gasteiger partial charge in [0.25, 0.3) is 5.91 Å². The summed E-state index contributed by atoms with van der Waals surface area (Å²) in [5, 5.41) is 16.4. The molecule has 1 aromatic heterocycles. The average Bonchev–Trinajstić information content (AvgIpc) is 3.13. The van der Waals surface area contributed by atoms with E-state index in [4.69, 9.17) is 0 Å². The third-order valence-electron chi connectivity index (χ3n) is 4.46. The molecule has 7 heteroatoms. The fourth-order valence-corrected chi connectivity index (χ4v) is 3.56. The molecule has 1 saturated carbocycles. The lowest BCUT2D eigenvalue weighted by Gasteiger charge is -2.17. The van der Waals surface area contributed by atoms with Gasteiger partial charge in [0.15, 0.2) is 0 Å². The Bertz CT molecular complexity index is 787. The lowest BCUT2D eigenvalue weighted by Crippen LogP contribution is -2.40. The molecule has 1 aliphatic rings. The van der Waals surface area contributed by atoms with E-state index in [1.165, 1.54) is 6.20 Å². The second kappa shape index (κ2) is 6.76. The molecule has 0 saturated heterocycles. The Labute approximate surface area is 148 Å². The van der Waals surface area contributed by atoms with Crippen LogP contribution in [-0.4, -0.2) is 32.8 Å². The molecule has 0 bridgehead atoms. The fourth-order valence-electron chi connectivity index (χ4n) is 3.18. The van der Waals surface area contributed by atoms with Gasteiger partial charge in [0.05, 0.1) is 29.1 Å². The van der Waals surface area contributed by atoms with E-state index in [0.29, 0.717) is 18.4 Å². The predicted molar refractivity (Wildman–Crippen MR) is 92.2 cm³/mol. The molecule has 1 aliphatic carbocycles. The van der Waals surface area contributed by atoms with Crippen LogP contribution in [0.15, 0.2) is 34.9 Å². The minimum absolute atomic E-state index is 0.271. The van der Waals surface area contributed by atoms with Crippen molar-refractivity contribution in [2.45, 2.75) is 32.2 Å². The van der Waals surface area contributed by atoms with E-state index in [0.717, 1.165) is 22.3 Å². The van der Waals surface area contributed by atoms with Crippen molar-refractivity contribution in [1.29, 1.82) is 0 Å². The average molecular weight is 392 g/mol. The summed E-state index contributed by atoms with van der Waals surface area (Å²) in [6.07, 6.45) is 3.65. The summed E-state index contributed by atoms with van der Waals surface area (Å²) in [6.45, 7) is 1.83. The number of hydrogen-bond acceptors (Lipinski definition) is 3. The van der Waals surface area contributed by atoms with Gasteiger partial charge in [-0.15, -0.1) is 0 Å². The van der Waals surface area contributed by atoms with Crippen LogP contribution in [0.5, 0.6) is 0 Å². The quantitative estimate of drug-likeness (QED) is 0.838. The van der Waals surface area contributed by atoms with Gasteiger partial charge >= 0.3 is 5.97 Å². The molecule has 3 rings (SSSR count). The molecule has 2 atom stereocenters. The number of nitrogens with one attached hydrogen (secondary N) is 1. The van der Waals surface area contributed by atoms with E-state index in [1.807, 2.05) is 31.2 Å². The second-order valence-corrected chi connectivity index (χ2v) is 6.91. The highest BCUT2D eigenvalue weighted by Gasteiger charge is 2.34. The molecule has 1 heterocycles. The molecule has 24 heavy (non-hydrogen) atoms. The maximum Gasteiger partial charge on any atom is 0.308 e. The third-order valence-corrected chi connectivity index (χ3v) is 4.95. The smallest absolute Gasteiger partial charge is 0.308 e. The number of carboxylic acid groups (broad SMARTS) is 1. The minimum Gasteiger partial charge on any atom is -0.481 e. The Morgan fingerprint density at radius 2 is 2.17 bits per heavy atom. The van der Waals surface area contributed by atoms with E-state index in [-0.39, 0.29) is 11.9 Å². The van der Waals surface area contributed by atoms with Crippen LogP contribution in [0.2, 0.25) is 0 Å². The lowest BCUT2D eigenvalue weighted by atomic mass is 10.0. The topological polar surface area (TPSA) is 84.2 Å². The number of aromatic nitrogens is 2. The van der Waals surface area contributed by atoms with Gasteiger partial charge in [-0.05, 0) is 38.0 Å². The molecule has 2 aromatic rings. The SMILES string of the molecule is Cc1c(C(=O)N[C@@H]2CCC[C@@H]2C(=O)O)cnn1-c1cccc(Br)c1. The van der Waals surface area contributed by atoms with Gasteiger partial charge in [-0.1, -0.05) is 28.4 Å². The highest BCUT2D eigenvalue weighted by Crippen LogP contribution is 2.26. The highest BCUT2D eigenvalue weighted by molar-refractivity contribution is 9.10. The van der Waals surface area contributed by atoms with Crippen LogP contribution in [0.3, 0.4) is 0 Å². The Hall–Kier alpha value is -2.15. The summed E-state index contributed by atoms with van der Waals surface area (Å²) < 4.78 is 2.62. The first kappa shape index (κ1) is 16.7.